The average Bonchev–Trinajstić information content (AvgIpc) is 3.28. The van der Waals surface area contributed by atoms with Crippen LogP contribution in [0, 0.1) is 47.5 Å². The van der Waals surface area contributed by atoms with Gasteiger partial charge in [0, 0.05) is 5.41 Å². The summed E-state index contributed by atoms with van der Waals surface area (Å²) in [7, 11) is 0. The van der Waals surface area contributed by atoms with Crippen molar-refractivity contribution in [3.63, 3.8) is 0 Å². The normalized spacial score (nSPS) is 16.0. The quantitative estimate of drug-likeness (QED) is 0.156. The molecule has 3 aliphatic carbocycles. The van der Waals surface area contributed by atoms with Crippen molar-refractivity contribution in [3.8, 4) is 22.3 Å². The molecule has 11 rings (SSSR count). The van der Waals surface area contributed by atoms with E-state index in [2.05, 4.69) is 312 Å². The molecule has 0 bridgehead atoms. The largest absolute Gasteiger partial charge is 0.0870 e. The van der Waals surface area contributed by atoms with E-state index in [0.717, 1.165) is 6.42 Å². The lowest BCUT2D eigenvalue weighted by atomic mass is 9.76. The van der Waals surface area contributed by atoms with Gasteiger partial charge in [0.1, 0.15) is 0 Å². The van der Waals surface area contributed by atoms with E-state index in [1.807, 2.05) is 19.9 Å². The standard InChI is InChI=1S/C39H42.C17H20.C13H12.C8H10.C3H8.C2H6/c1-9-12-30-23(2)19-24(3)35-21-28(15-17-32(30)35)26(5)27(6)29-16-18-34-36(22-29)39(7,8)37-20-25(4)31-13-10-11-14-33(31)38(34)37;1-12-5-8-14(3)16(9-6-12)17-10-7-13(2)11-15(17)4;1-11-6-5-9-13(10-11)12-7-3-2-4-8-12;1-7-4-3-5-8(2)6-7;1-3-2;1-2/h9-18,20-22,24,26-27H,19H2,1-8H3;5-12H,1-4H3;2-10H,1H3;3-6H,1-2H3;3H2,1-2H3;1-2H3/b12-9-;;;;;. The van der Waals surface area contributed by atoms with E-state index >= 15 is 0 Å². The predicted molar refractivity (Wildman–Crippen MR) is 366 cm³/mol. The second-order valence-corrected chi connectivity index (χ2v) is 23.9. The lowest BCUT2D eigenvalue weighted by Crippen LogP contribution is -2.16. The summed E-state index contributed by atoms with van der Waals surface area (Å²) in [6, 6.07) is 60.1. The van der Waals surface area contributed by atoms with E-state index in [0.29, 0.717) is 23.7 Å². The summed E-state index contributed by atoms with van der Waals surface area (Å²) in [5.41, 5.74) is 29.2. The summed E-state index contributed by atoms with van der Waals surface area (Å²) in [5.74, 6) is 1.95. The highest BCUT2D eigenvalue weighted by Crippen LogP contribution is 2.53. The highest BCUT2D eigenvalue weighted by Gasteiger charge is 2.37. The first-order valence-electron chi connectivity index (χ1n) is 30.7. The monoisotopic (exact) mass is 1080 g/mol. The summed E-state index contributed by atoms with van der Waals surface area (Å²) < 4.78 is 0. The Morgan fingerprint density at radius 1 is 0.512 bits per heavy atom. The van der Waals surface area contributed by atoms with Crippen LogP contribution in [0.2, 0.25) is 0 Å². The van der Waals surface area contributed by atoms with Crippen LogP contribution in [-0.4, -0.2) is 0 Å². The fourth-order valence-electron chi connectivity index (χ4n) is 12.0. The van der Waals surface area contributed by atoms with E-state index in [4.69, 9.17) is 0 Å². The summed E-state index contributed by atoms with van der Waals surface area (Å²) in [6.45, 7) is 42.0. The Morgan fingerprint density at radius 2 is 1.05 bits per heavy atom. The molecule has 0 heterocycles. The zero-order valence-corrected chi connectivity index (χ0v) is 53.8. The van der Waals surface area contributed by atoms with Crippen LogP contribution in [0.25, 0.3) is 44.2 Å². The zero-order valence-electron chi connectivity index (χ0n) is 53.8. The average molecular weight is 1080 g/mol. The Labute approximate surface area is 498 Å². The number of benzene rings is 8. The van der Waals surface area contributed by atoms with Crippen LogP contribution in [-0.2, 0) is 5.41 Å². The van der Waals surface area contributed by atoms with Gasteiger partial charge in [-0.2, -0.15) is 0 Å². The molecule has 0 spiro atoms. The van der Waals surface area contributed by atoms with Gasteiger partial charge in [-0.15, -0.1) is 0 Å². The third-order valence-corrected chi connectivity index (χ3v) is 16.6. The summed E-state index contributed by atoms with van der Waals surface area (Å²) in [6.07, 6.45) is 15.9. The van der Waals surface area contributed by atoms with Crippen molar-refractivity contribution in [2.45, 2.75) is 168 Å². The van der Waals surface area contributed by atoms with Crippen molar-refractivity contribution in [1.29, 1.82) is 0 Å². The predicted octanol–water partition coefficient (Wildman–Crippen LogP) is 24.5. The third-order valence-electron chi connectivity index (χ3n) is 16.6. The molecule has 0 fully saturated rings. The van der Waals surface area contributed by atoms with Gasteiger partial charge in [-0.1, -0.05) is 304 Å². The molecule has 8 aromatic rings. The molecule has 0 aliphatic heterocycles. The van der Waals surface area contributed by atoms with Gasteiger partial charge in [0.2, 0.25) is 0 Å². The fraction of sp³-hybridized carbons (Fsp3) is 0.317. The Hall–Kier alpha value is -7.28. The van der Waals surface area contributed by atoms with Crippen LogP contribution in [0.3, 0.4) is 0 Å². The maximum absolute atomic E-state index is 2.53. The number of aryl methyl sites for hydroxylation is 6. The van der Waals surface area contributed by atoms with Crippen molar-refractivity contribution in [3.05, 3.63) is 284 Å². The van der Waals surface area contributed by atoms with Crippen molar-refractivity contribution < 1.29 is 0 Å². The molecule has 4 unspecified atom stereocenters. The molecule has 0 aromatic heterocycles. The minimum absolute atomic E-state index is 0.00688. The van der Waals surface area contributed by atoms with Gasteiger partial charge in [0.05, 0.1) is 0 Å². The topological polar surface area (TPSA) is 0 Å². The Balaban J connectivity index is 0.000000205. The number of rotatable bonds is 6. The van der Waals surface area contributed by atoms with Crippen molar-refractivity contribution >= 4 is 21.9 Å². The van der Waals surface area contributed by atoms with Crippen LogP contribution in [0.4, 0.5) is 0 Å². The first-order chi connectivity index (χ1) is 39.3. The van der Waals surface area contributed by atoms with Crippen LogP contribution in [0.15, 0.2) is 211 Å². The summed E-state index contributed by atoms with van der Waals surface area (Å²) in [5, 5.41) is 2.76. The highest BCUT2D eigenvalue weighted by molar-refractivity contribution is 6.04. The number of hydrogen-bond acceptors (Lipinski definition) is 0. The maximum Gasteiger partial charge on any atom is 0.0159 e. The molecule has 8 aromatic carbocycles. The number of allylic oxidation sites excluding steroid dienone is 10. The van der Waals surface area contributed by atoms with E-state index in [1.54, 1.807) is 0 Å². The van der Waals surface area contributed by atoms with Crippen molar-refractivity contribution in [2.75, 3.05) is 0 Å². The van der Waals surface area contributed by atoms with Crippen LogP contribution in [0.5, 0.6) is 0 Å². The van der Waals surface area contributed by atoms with Crippen molar-refractivity contribution in [2.24, 2.45) is 5.92 Å². The molecule has 0 saturated carbocycles. The molecule has 0 N–H and O–H groups in total. The van der Waals surface area contributed by atoms with Crippen molar-refractivity contribution in [1.82, 2.24) is 0 Å². The Kier molecular flexibility index (Phi) is 23.1. The van der Waals surface area contributed by atoms with Gasteiger partial charge >= 0.3 is 0 Å². The summed E-state index contributed by atoms with van der Waals surface area (Å²) in [4.78, 5) is 0. The Morgan fingerprint density at radius 3 is 1.65 bits per heavy atom. The van der Waals surface area contributed by atoms with E-state index in [1.165, 1.54) is 134 Å². The highest BCUT2D eigenvalue weighted by atomic mass is 14.4. The van der Waals surface area contributed by atoms with Gasteiger partial charge in [0.25, 0.3) is 0 Å². The molecule has 0 nitrogen and oxygen atoms in total. The SMILES string of the molecule is C/C=C\C1=C(C)CC(C)c2cc(C(C)C(C)c3ccc4c(c3)C(C)(C)c3cc(C)c5ccccc5c3-4)ccc21.CC.CC1=C(c2ccc(C)cc2C)C=CC(C)C=C1.CCC.Cc1cccc(-c2ccccc2)c1.Cc1cccc(C)c1. The maximum atomic E-state index is 2.53. The Bertz CT molecular complexity index is 3560. The molecule has 82 heavy (non-hydrogen) atoms. The second kappa shape index (κ2) is 29.6. The molecule has 3 aliphatic rings. The smallest absolute Gasteiger partial charge is 0.0159 e. The molecule has 4 atom stereocenters. The molecular weight excluding hydrogens is 985 g/mol. The molecule has 0 saturated heterocycles. The zero-order chi connectivity index (χ0) is 59.8. The van der Waals surface area contributed by atoms with Gasteiger partial charge in [0.15, 0.2) is 0 Å². The van der Waals surface area contributed by atoms with Gasteiger partial charge in [-0.3, -0.25) is 0 Å². The molecule has 426 valence electrons. The van der Waals surface area contributed by atoms with E-state index in [-0.39, 0.29) is 5.41 Å². The van der Waals surface area contributed by atoms with Crippen LogP contribution < -0.4 is 0 Å². The third kappa shape index (κ3) is 15.4. The molecule has 0 amide bonds. The first kappa shape index (κ1) is 63.9. The van der Waals surface area contributed by atoms with Gasteiger partial charge in [-0.25, -0.2) is 0 Å². The molecule has 0 heteroatoms. The lowest BCUT2D eigenvalue weighted by Gasteiger charge is -2.29. The first-order valence-corrected chi connectivity index (χ1v) is 30.7. The summed E-state index contributed by atoms with van der Waals surface area (Å²) >= 11 is 0. The van der Waals surface area contributed by atoms with Gasteiger partial charge in [-0.05, 0) is 192 Å². The van der Waals surface area contributed by atoms with Crippen LogP contribution in [0.1, 0.15) is 193 Å². The number of hydrogen-bond donors (Lipinski definition) is 0. The lowest BCUT2D eigenvalue weighted by molar-refractivity contribution is 0.614. The van der Waals surface area contributed by atoms with Gasteiger partial charge < -0.3 is 0 Å². The van der Waals surface area contributed by atoms with Crippen LogP contribution >= 0.6 is 0 Å². The van der Waals surface area contributed by atoms with E-state index in [9.17, 15) is 0 Å². The minimum Gasteiger partial charge on any atom is -0.0870 e. The molecular formula is C82H98. The number of fused-ring (bicyclic) bond motifs is 6. The second-order valence-electron chi connectivity index (χ2n) is 23.9. The minimum atomic E-state index is -0.00688. The van der Waals surface area contributed by atoms with E-state index < -0.39 is 0 Å². The fourth-order valence-corrected chi connectivity index (χ4v) is 12.0. The molecule has 0 radical (unpaired) electrons.